The predicted molar refractivity (Wildman–Crippen MR) is 84.2 cm³/mol. The van der Waals surface area contributed by atoms with Crippen molar-refractivity contribution in [3.05, 3.63) is 21.7 Å². The van der Waals surface area contributed by atoms with E-state index in [1.807, 2.05) is 6.08 Å². The van der Waals surface area contributed by atoms with E-state index >= 15 is 0 Å². The number of rotatable bonds is 0. The first-order chi connectivity index (χ1) is 8.22. The first-order valence-electron chi connectivity index (χ1n) is 6.57. The molecule has 0 amide bonds. The molecule has 0 radical (unpaired) electrons. The highest BCUT2D eigenvalue weighted by molar-refractivity contribution is 9.11. The van der Waals surface area contributed by atoms with Crippen molar-refractivity contribution in [3.63, 3.8) is 0 Å². The molecule has 0 aromatic rings. The first-order valence-corrected chi connectivity index (χ1v) is 8.28. The Morgan fingerprint density at radius 1 is 1.33 bits per heavy atom. The third kappa shape index (κ3) is 1.97. The minimum atomic E-state index is -0.378. The van der Waals surface area contributed by atoms with Gasteiger partial charge in [0.05, 0.1) is 10.9 Å². The second-order valence-electron chi connectivity index (χ2n) is 6.41. The zero-order valence-corrected chi connectivity index (χ0v) is 14.7. The monoisotopic (exact) mass is 376 g/mol. The standard InChI is InChI=1S/C15H22Br2O/c1-9-5-6-15(8-11(9)16)10(2)7-12(18)13(17)14(15,3)4/h7,12-13,18H,5-6,8H2,1-4H3. The molecule has 3 unspecified atom stereocenters. The van der Waals surface area contributed by atoms with Gasteiger partial charge in [-0.05, 0) is 43.0 Å². The molecule has 3 atom stereocenters. The average molecular weight is 378 g/mol. The Morgan fingerprint density at radius 3 is 2.50 bits per heavy atom. The Hall–Kier alpha value is 0.400. The molecule has 1 nitrogen and oxygen atoms in total. The number of alkyl halides is 1. The van der Waals surface area contributed by atoms with E-state index in [4.69, 9.17) is 0 Å². The number of allylic oxidation sites excluding steroid dienone is 3. The summed E-state index contributed by atoms with van der Waals surface area (Å²) in [6.45, 7) is 8.97. The molecule has 3 heteroatoms. The average Bonchev–Trinajstić information content (AvgIpc) is 2.29. The Morgan fingerprint density at radius 2 is 1.94 bits per heavy atom. The van der Waals surface area contributed by atoms with E-state index < -0.39 is 0 Å². The summed E-state index contributed by atoms with van der Waals surface area (Å²) in [7, 11) is 0. The van der Waals surface area contributed by atoms with Crippen molar-refractivity contribution < 1.29 is 5.11 Å². The van der Waals surface area contributed by atoms with Crippen LogP contribution >= 0.6 is 31.9 Å². The van der Waals surface area contributed by atoms with Crippen molar-refractivity contribution in [2.45, 2.75) is 57.9 Å². The molecular weight excluding hydrogens is 356 g/mol. The highest BCUT2D eigenvalue weighted by atomic mass is 79.9. The third-order valence-corrected chi connectivity index (χ3v) is 7.89. The fraction of sp³-hybridized carbons (Fsp3) is 0.733. The minimum absolute atomic E-state index is 0.0466. The highest BCUT2D eigenvalue weighted by Crippen LogP contribution is 2.61. The molecule has 18 heavy (non-hydrogen) atoms. The lowest BCUT2D eigenvalue weighted by molar-refractivity contribution is 0.0350. The van der Waals surface area contributed by atoms with E-state index in [-0.39, 0.29) is 21.8 Å². The maximum atomic E-state index is 10.2. The van der Waals surface area contributed by atoms with Crippen molar-refractivity contribution in [2.75, 3.05) is 0 Å². The van der Waals surface area contributed by atoms with E-state index in [9.17, 15) is 5.11 Å². The zero-order chi connectivity index (χ0) is 13.7. The number of hydrogen-bond acceptors (Lipinski definition) is 1. The molecule has 0 aromatic heterocycles. The summed E-state index contributed by atoms with van der Waals surface area (Å²) in [6, 6.07) is 0. The molecule has 0 aromatic carbocycles. The summed E-state index contributed by atoms with van der Waals surface area (Å²) in [6.07, 6.45) is 5.05. The van der Waals surface area contributed by atoms with Gasteiger partial charge in [0.25, 0.3) is 0 Å². The molecule has 0 heterocycles. The number of aliphatic hydroxyl groups is 1. The Balaban J connectivity index is 2.52. The number of halogens is 2. The van der Waals surface area contributed by atoms with Crippen LogP contribution in [0.1, 0.15) is 47.0 Å². The van der Waals surface area contributed by atoms with Gasteiger partial charge in [0.15, 0.2) is 0 Å². The molecular formula is C15H22Br2O. The maximum absolute atomic E-state index is 10.2. The van der Waals surface area contributed by atoms with E-state index in [2.05, 4.69) is 59.6 Å². The normalized spacial score (nSPS) is 40.1. The van der Waals surface area contributed by atoms with Gasteiger partial charge in [-0.25, -0.2) is 0 Å². The van der Waals surface area contributed by atoms with Gasteiger partial charge in [0.2, 0.25) is 0 Å². The molecule has 1 spiro atoms. The van der Waals surface area contributed by atoms with Crippen LogP contribution in [0.25, 0.3) is 0 Å². The smallest absolute Gasteiger partial charge is 0.0854 e. The number of aliphatic hydroxyl groups excluding tert-OH is 1. The molecule has 1 N–H and O–H groups in total. The van der Waals surface area contributed by atoms with E-state index in [0.717, 1.165) is 12.8 Å². The summed E-state index contributed by atoms with van der Waals surface area (Å²) in [5.41, 5.74) is 3.03. The maximum Gasteiger partial charge on any atom is 0.0854 e. The second-order valence-corrected chi connectivity index (χ2v) is 8.35. The van der Waals surface area contributed by atoms with Crippen LogP contribution in [0.4, 0.5) is 0 Å². The summed E-state index contributed by atoms with van der Waals surface area (Å²) in [4.78, 5) is 0.118. The van der Waals surface area contributed by atoms with Gasteiger partial charge in [-0.2, -0.15) is 0 Å². The van der Waals surface area contributed by atoms with E-state index in [0.29, 0.717) is 0 Å². The lowest BCUT2D eigenvalue weighted by Crippen LogP contribution is -2.52. The SMILES string of the molecule is CC1=CC(O)C(Br)C(C)(C)C12CCC(C)=C(Br)C2. The van der Waals surface area contributed by atoms with Crippen molar-refractivity contribution in [1.82, 2.24) is 0 Å². The Bertz CT molecular complexity index is 422. The molecule has 2 aliphatic rings. The topological polar surface area (TPSA) is 20.2 Å². The van der Waals surface area contributed by atoms with Crippen LogP contribution < -0.4 is 0 Å². The van der Waals surface area contributed by atoms with E-state index in [1.54, 1.807) is 0 Å². The van der Waals surface area contributed by atoms with Crippen molar-refractivity contribution in [1.29, 1.82) is 0 Å². The molecule has 0 saturated heterocycles. The van der Waals surface area contributed by atoms with Crippen LogP contribution in [0.3, 0.4) is 0 Å². The van der Waals surface area contributed by atoms with Gasteiger partial charge in [0, 0.05) is 5.41 Å². The van der Waals surface area contributed by atoms with Crippen LogP contribution in [-0.4, -0.2) is 16.0 Å². The summed E-state index contributed by atoms with van der Waals surface area (Å²) >= 11 is 7.48. The predicted octanol–water partition coefficient (Wildman–Crippen LogP) is 4.94. The lowest BCUT2D eigenvalue weighted by Gasteiger charge is -2.56. The van der Waals surface area contributed by atoms with Crippen molar-refractivity contribution >= 4 is 31.9 Å². The minimum Gasteiger partial charge on any atom is -0.388 e. The van der Waals surface area contributed by atoms with Gasteiger partial charge >= 0.3 is 0 Å². The largest absolute Gasteiger partial charge is 0.388 e. The van der Waals surface area contributed by atoms with E-state index in [1.165, 1.54) is 22.0 Å². The molecule has 2 aliphatic carbocycles. The van der Waals surface area contributed by atoms with Crippen LogP contribution in [-0.2, 0) is 0 Å². The summed E-state index contributed by atoms with van der Waals surface area (Å²) < 4.78 is 1.35. The van der Waals surface area contributed by atoms with Crippen molar-refractivity contribution in [2.24, 2.45) is 10.8 Å². The van der Waals surface area contributed by atoms with Gasteiger partial charge in [-0.1, -0.05) is 62.9 Å². The van der Waals surface area contributed by atoms with Gasteiger partial charge in [0.1, 0.15) is 0 Å². The van der Waals surface area contributed by atoms with Gasteiger partial charge in [-0.15, -0.1) is 0 Å². The Kier molecular flexibility index (Phi) is 3.90. The third-order valence-electron chi connectivity index (χ3n) is 5.25. The molecule has 2 rings (SSSR count). The van der Waals surface area contributed by atoms with Crippen LogP contribution in [0, 0.1) is 10.8 Å². The van der Waals surface area contributed by atoms with Gasteiger partial charge < -0.3 is 5.11 Å². The fourth-order valence-electron chi connectivity index (χ4n) is 3.63. The fourth-order valence-corrected chi connectivity index (χ4v) is 4.89. The first kappa shape index (κ1) is 14.8. The van der Waals surface area contributed by atoms with Gasteiger partial charge in [-0.3, -0.25) is 0 Å². The molecule has 102 valence electrons. The zero-order valence-electron chi connectivity index (χ0n) is 11.6. The highest BCUT2D eigenvalue weighted by Gasteiger charge is 2.54. The quantitative estimate of drug-likeness (QED) is 0.468. The van der Waals surface area contributed by atoms with Crippen LogP contribution in [0.2, 0.25) is 0 Å². The lowest BCUT2D eigenvalue weighted by atomic mass is 9.52. The summed E-state index contributed by atoms with van der Waals surface area (Å²) in [5.74, 6) is 0. The second kappa shape index (κ2) is 4.75. The molecule has 0 saturated carbocycles. The molecule has 0 fully saturated rings. The number of hydrogen-bond donors (Lipinski definition) is 1. The summed E-state index contributed by atoms with van der Waals surface area (Å²) in [5, 5.41) is 10.2. The van der Waals surface area contributed by atoms with Crippen molar-refractivity contribution in [3.8, 4) is 0 Å². The molecule has 0 aliphatic heterocycles. The molecule has 0 bridgehead atoms. The van der Waals surface area contributed by atoms with Crippen LogP contribution in [0.15, 0.2) is 21.7 Å². The van der Waals surface area contributed by atoms with Crippen LogP contribution in [0.5, 0.6) is 0 Å². The Labute approximate surface area is 127 Å².